The van der Waals surface area contributed by atoms with Crippen molar-refractivity contribution in [2.45, 2.75) is 26.0 Å². The Balaban J connectivity index is 2.65. The van der Waals surface area contributed by atoms with Crippen molar-refractivity contribution in [1.82, 2.24) is 5.32 Å². The van der Waals surface area contributed by atoms with Gasteiger partial charge in [0.2, 0.25) is 0 Å². The molecule has 0 aliphatic carbocycles. The van der Waals surface area contributed by atoms with Crippen LogP contribution in [0.15, 0.2) is 18.2 Å². The van der Waals surface area contributed by atoms with E-state index in [0.29, 0.717) is 12.1 Å². The fourth-order valence-corrected chi connectivity index (χ4v) is 1.25. The van der Waals surface area contributed by atoms with Crippen LogP contribution in [0, 0.1) is 11.6 Å². The Kier molecular flexibility index (Phi) is 4.17. The molecule has 1 aromatic rings. The average Bonchev–Trinajstić information content (AvgIpc) is 2.18. The van der Waals surface area contributed by atoms with Crippen LogP contribution in [-0.4, -0.2) is 17.8 Å². The van der Waals surface area contributed by atoms with Crippen LogP contribution in [0.1, 0.15) is 25.5 Å². The Hall–Kier alpha value is -1.00. The van der Waals surface area contributed by atoms with Gasteiger partial charge in [0.15, 0.2) is 11.6 Å². The predicted molar refractivity (Wildman–Crippen MR) is 54.5 cm³/mol. The summed E-state index contributed by atoms with van der Waals surface area (Å²) in [5.41, 5.74) is 0.662. The lowest BCUT2D eigenvalue weighted by atomic mass is 10.1. The summed E-state index contributed by atoms with van der Waals surface area (Å²) >= 11 is 0. The van der Waals surface area contributed by atoms with Gasteiger partial charge in [0.05, 0.1) is 6.10 Å². The zero-order chi connectivity index (χ0) is 11.4. The van der Waals surface area contributed by atoms with Crippen LogP contribution >= 0.6 is 0 Å². The molecule has 84 valence electrons. The van der Waals surface area contributed by atoms with E-state index in [1.807, 2.05) is 6.92 Å². The first-order valence-electron chi connectivity index (χ1n) is 4.87. The molecule has 0 radical (unpaired) electrons. The standard InChI is InChI=1S/C11H15F2NO/c1-7(15)6-14-8(2)9-3-4-10(12)11(13)5-9/h3-5,7-8,14-15H,6H2,1-2H3/t7-,8+/m0/s1. The van der Waals surface area contributed by atoms with E-state index in [1.165, 1.54) is 6.07 Å². The average molecular weight is 215 g/mol. The van der Waals surface area contributed by atoms with E-state index in [1.54, 1.807) is 6.92 Å². The highest BCUT2D eigenvalue weighted by atomic mass is 19.2. The number of nitrogens with one attached hydrogen (secondary N) is 1. The van der Waals surface area contributed by atoms with Gasteiger partial charge < -0.3 is 10.4 Å². The molecule has 0 saturated carbocycles. The van der Waals surface area contributed by atoms with Gasteiger partial charge >= 0.3 is 0 Å². The second kappa shape index (κ2) is 5.19. The predicted octanol–water partition coefficient (Wildman–Crippen LogP) is 2.00. The Morgan fingerprint density at radius 2 is 1.93 bits per heavy atom. The van der Waals surface area contributed by atoms with Gasteiger partial charge in [-0.2, -0.15) is 0 Å². The Morgan fingerprint density at radius 3 is 2.47 bits per heavy atom. The van der Waals surface area contributed by atoms with E-state index in [0.717, 1.165) is 12.1 Å². The van der Waals surface area contributed by atoms with Gasteiger partial charge in [0.25, 0.3) is 0 Å². The molecule has 0 saturated heterocycles. The number of halogens is 2. The van der Waals surface area contributed by atoms with Crippen molar-refractivity contribution in [2.75, 3.05) is 6.54 Å². The maximum absolute atomic E-state index is 12.9. The molecule has 1 aromatic carbocycles. The number of hydrogen-bond donors (Lipinski definition) is 2. The summed E-state index contributed by atoms with van der Waals surface area (Å²) in [5, 5.41) is 12.1. The van der Waals surface area contributed by atoms with Crippen LogP contribution < -0.4 is 5.32 Å². The zero-order valence-electron chi connectivity index (χ0n) is 8.80. The SMILES string of the molecule is C[C@H](O)CN[C@H](C)c1ccc(F)c(F)c1. The van der Waals surface area contributed by atoms with Gasteiger partial charge in [-0.05, 0) is 31.5 Å². The maximum Gasteiger partial charge on any atom is 0.159 e. The monoisotopic (exact) mass is 215 g/mol. The fraction of sp³-hybridized carbons (Fsp3) is 0.455. The van der Waals surface area contributed by atoms with Crippen LogP contribution in [0.25, 0.3) is 0 Å². The summed E-state index contributed by atoms with van der Waals surface area (Å²) in [6.07, 6.45) is -0.460. The van der Waals surface area contributed by atoms with Crippen molar-refractivity contribution in [3.05, 3.63) is 35.4 Å². The van der Waals surface area contributed by atoms with Crippen molar-refractivity contribution >= 4 is 0 Å². The summed E-state index contributed by atoms with van der Waals surface area (Å²) < 4.78 is 25.5. The van der Waals surface area contributed by atoms with Crippen LogP contribution in [0.2, 0.25) is 0 Å². The molecule has 2 atom stereocenters. The normalized spacial score (nSPS) is 15.0. The van der Waals surface area contributed by atoms with Crippen molar-refractivity contribution in [3.8, 4) is 0 Å². The molecule has 1 rings (SSSR count). The summed E-state index contributed by atoms with van der Waals surface area (Å²) in [7, 11) is 0. The van der Waals surface area contributed by atoms with Gasteiger partial charge in [-0.3, -0.25) is 0 Å². The second-order valence-electron chi connectivity index (χ2n) is 3.65. The number of benzene rings is 1. The third-order valence-electron chi connectivity index (χ3n) is 2.16. The number of aliphatic hydroxyl groups excluding tert-OH is 1. The number of rotatable bonds is 4. The number of hydrogen-bond acceptors (Lipinski definition) is 2. The Labute approximate surface area is 87.9 Å². The molecular weight excluding hydrogens is 200 g/mol. The van der Waals surface area contributed by atoms with E-state index >= 15 is 0 Å². The van der Waals surface area contributed by atoms with Crippen LogP contribution in [-0.2, 0) is 0 Å². The van der Waals surface area contributed by atoms with Gasteiger partial charge in [0.1, 0.15) is 0 Å². The lowest BCUT2D eigenvalue weighted by molar-refractivity contribution is 0.187. The molecule has 0 unspecified atom stereocenters. The minimum Gasteiger partial charge on any atom is -0.392 e. The fourth-order valence-electron chi connectivity index (χ4n) is 1.25. The molecule has 0 fully saturated rings. The molecule has 2 nitrogen and oxygen atoms in total. The highest BCUT2D eigenvalue weighted by Crippen LogP contribution is 2.15. The van der Waals surface area contributed by atoms with Crippen LogP contribution in [0.5, 0.6) is 0 Å². The smallest absolute Gasteiger partial charge is 0.159 e. The first-order valence-corrected chi connectivity index (χ1v) is 4.87. The van der Waals surface area contributed by atoms with E-state index in [2.05, 4.69) is 5.32 Å². The topological polar surface area (TPSA) is 32.3 Å². The summed E-state index contributed by atoms with van der Waals surface area (Å²) in [5.74, 6) is -1.69. The minimum absolute atomic E-state index is 0.116. The van der Waals surface area contributed by atoms with Crippen molar-refractivity contribution < 1.29 is 13.9 Å². The second-order valence-corrected chi connectivity index (χ2v) is 3.65. The largest absolute Gasteiger partial charge is 0.392 e. The van der Waals surface area contributed by atoms with Crippen LogP contribution in [0.4, 0.5) is 8.78 Å². The van der Waals surface area contributed by atoms with Gasteiger partial charge in [-0.15, -0.1) is 0 Å². The molecular formula is C11H15F2NO. The van der Waals surface area contributed by atoms with E-state index in [4.69, 9.17) is 5.11 Å². The first kappa shape index (κ1) is 12.1. The van der Waals surface area contributed by atoms with Gasteiger partial charge in [0, 0.05) is 12.6 Å². The molecule has 0 amide bonds. The maximum atomic E-state index is 12.9. The Bertz CT molecular complexity index is 328. The molecule has 0 heterocycles. The highest BCUT2D eigenvalue weighted by molar-refractivity contribution is 5.20. The molecule has 2 N–H and O–H groups in total. The molecule has 0 bridgehead atoms. The van der Waals surface area contributed by atoms with Crippen molar-refractivity contribution in [1.29, 1.82) is 0 Å². The van der Waals surface area contributed by atoms with Crippen LogP contribution in [0.3, 0.4) is 0 Å². The quantitative estimate of drug-likeness (QED) is 0.805. The molecule has 0 aromatic heterocycles. The summed E-state index contributed by atoms with van der Waals surface area (Å²) in [6.45, 7) is 3.90. The van der Waals surface area contributed by atoms with Gasteiger partial charge in [-0.1, -0.05) is 6.07 Å². The van der Waals surface area contributed by atoms with E-state index in [9.17, 15) is 8.78 Å². The van der Waals surface area contributed by atoms with Gasteiger partial charge in [-0.25, -0.2) is 8.78 Å². The third kappa shape index (κ3) is 3.57. The molecule has 4 heteroatoms. The van der Waals surface area contributed by atoms with E-state index < -0.39 is 17.7 Å². The summed E-state index contributed by atoms with van der Waals surface area (Å²) in [4.78, 5) is 0. The zero-order valence-corrected chi connectivity index (χ0v) is 8.80. The molecule has 0 aliphatic rings. The minimum atomic E-state index is -0.849. The Morgan fingerprint density at radius 1 is 1.27 bits per heavy atom. The molecule has 0 spiro atoms. The highest BCUT2D eigenvalue weighted by Gasteiger charge is 2.09. The molecule has 15 heavy (non-hydrogen) atoms. The van der Waals surface area contributed by atoms with E-state index in [-0.39, 0.29) is 6.04 Å². The lowest BCUT2D eigenvalue weighted by Crippen LogP contribution is -2.27. The first-order chi connectivity index (χ1) is 7.00. The van der Waals surface area contributed by atoms with Crippen molar-refractivity contribution in [3.63, 3.8) is 0 Å². The van der Waals surface area contributed by atoms with Crippen molar-refractivity contribution in [2.24, 2.45) is 0 Å². The third-order valence-corrected chi connectivity index (χ3v) is 2.16. The number of aliphatic hydroxyl groups is 1. The molecule has 0 aliphatic heterocycles. The lowest BCUT2D eigenvalue weighted by Gasteiger charge is -2.15. The summed E-state index contributed by atoms with van der Waals surface area (Å²) in [6, 6.07) is 3.67.